The summed E-state index contributed by atoms with van der Waals surface area (Å²) in [4.78, 5) is 0. The maximum atomic E-state index is 12.3. The SMILES string of the molecule is NC(CC1CCCC1)C(C(F)(F)F)C(F)(F)F. The molecule has 0 bridgehead atoms. The van der Waals surface area contributed by atoms with Crippen LogP contribution in [0.15, 0.2) is 0 Å². The second-order valence-corrected chi connectivity index (χ2v) is 4.61. The topological polar surface area (TPSA) is 26.0 Å². The molecule has 0 aromatic carbocycles. The minimum absolute atomic E-state index is 0.0998. The lowest BCUT2D eigenvalue weighted by atomic mass is 9.89. The summed E-state index contributed by atoms with van der Waals surface area (Å²) in [6.07, 6.45) is -7.78. The number of rotatable bonds is 3. The Morgan fingerprint density at radius 2 is 1.35 bits per heavy atom. The van der Waals surface area contributed by atoms with Crippen molar-refractivity contribution < 1.29 is 26.3 Å². The third kappa shape index (κ3) is 4.04. The Balaban J connectivity index is 2.69. The van der Waals surface area contributed by atoms with Gasteiger partial charge >= 0.3 is 12.4 Å². The normalized spacial score (nSPS) is 21.2. The highest BCUT2D eigenvalue weighted by molar-refractivity contribution is 4.87. The third-order valence-electron chi connectivity index (χ3n) is 3.21. The van der Waals surface area contributed by atoms with Crippen molar-refractivity contribution in [3.05, 3.63) is 0 Å². The highest BCUT2D eigenvalue weighted by Crippen LogP contribution is 2.43. The zero-order valence-electron chi connectivity index (χ0n) is 9.11. The maximum absolute atomic E-state index is 12.3. The molecule has 1 aliphatic carbocycles. The minimum atomic E-state index is -5.32. The fraction of sp³-hybridized carbons (Fsp3) is 1.00. The monoisotopic (exact) mass is 263 g/mol. The fourth-order valence-corrected chi connectivity index (χ4v) is 2.44. The Kier molecular flexibility index (Phi) is 4.33. The van der Waals surface area contributed by atoms with Crippen molar-refractivity contribution in [1.29, 1.82) is 0 Å². The second kappa shape index (κ2) is 5.04. The molecule has 1 rings (SSSR count). The summed E-state index contributed by atoms with van der Waals surface area (Å²) in [5.74, 6) is -3.51. The van der Waals surface area contributed by atoms with E-state index < -0.39 is 24.3 Å². The van der Waals surface area contributed by atoms with Crippen LogP contribution in [0, 0.1) is 11.8 Å². The molecule has 1 unspecified atom stereocenters. The van der Waals surface area contributed by atoms with Gasteiger partial charge in [0.05, 0.1) is 0 Å². The summed E-state index contributed by atoms with van der Waals surface area (Å²) in [6, 6.07) is -1.89. The molecule has 17 heavy (non-hydrogen) atoms. The second-order valence-electron chi connectivity index (χ2n) is 4.61. The Morgan fingerprint density at radius 3 is 1.71 bits per heavy atom. The van der Waals surface area contributed by atoms with Crippen LogP contribution in [-0.4, -0.2) is 18.4 Å². The molecule has 1 aliphatic rings. The molecule has 0 aromatic rings. The minimum Gasteiger partial charge on any atom is -0.327 e. The van der Waals surface area contributed by atoms with Crippen molar-refractivity contribution in [1.82, 2.24) is 0 Å². The molecule has 0 aliphatic heterocycles. The summed E-state index contributed by atoms with van der Waals surface area (Å²) in [6.45, 7) is 0. The van der Waals surface area contributed by atoms with Gasteiger partial charge in [-0.25, -0.2) is 0 Å². The first-order valence-electron chi connectivity index (χ1n) is 5.51. The first-order chi connectivity index (χ1) is 7.62. The van der Waals surface area contributed by atoms with E-state index in [1.165, 1.54) is 0 Å². The van der Waals surface area contributed by atoms with Gasteiger partial charge in [0.25, 0.3) is 0 Å². The molecule has 0 radical (unpaired) electrons. The summed E-state index contributed by atoms with van der Waals surface area (Å²) >= 11 is 0. The molecule has 0 aromatic heterocycles. The van der Waals surface area contributed by atoms with Crippen molar-refractivity contribution in [3.63, 3.8) is 0 Å². The molecule has 2 N–H and O–H groups in total. The molecule has 0 amide bonds. The summed E-state index contributed by atoms with van der Waals surface area (Å²) < 4.78 is 74.0. The molecule has 0 heterocycles. The van der Waals surface area contributed by atoms with Gasteiger partial charge in [-0.2, -0.15) is 26.3 Å². The molecule has 1 saturated carbocycles. The standard InChI is InChI=1S/C10H15F6N/c11-9(12,13)8(10(14,15)16)7(17)5-6-3-1-2-4-6/h6-8H,1-5,17H2. The summed E-state index contributed by atoms with van der Waals surface area (Å²) in [5, 5.41) is 0. The smallest absolute Gasteiger partial charge is 0.327 e. The van der Waals surface area contributed by atoms with Gasteiger partial charge in [0.15, 0.2) is 5.92 Å². The molecule has 1 nitrogen and oxygen atoms in total. The van der Waals surface area contributed by atoms with Gasteiger partial charge in [0.1, 0.15) is 0 Å². The van der Waals surface area contributed by atoms with E-state index in [4.69, 9.17) is 5.73 Å². The number of nitrogens with two attached hydrogens (primary N) is 1. The van der Waals surface area contributed by atoms with Gasteiger partial charge in [-0.3, -0.25) is 0 Å². The van der Waals surface area contributed by atoms with E-state index in [-0.39, 0.29) is 12.3 Å². The molecule has 0 spiro atoms. The van der Waals surface area contributed by atoms with E-state index in [2.05, 4.69) is 0 Å². The van der Waals surface area contributed by atoms with Crippen molar-refractivity contribution in [2.75, 3.05) is 0 Å². The average Bonchev–Trinajstić information content (AvgIpc) is 2.49. The third-order valence-corrected chi connectivity index (χ3v) is 3.21. The molecule has 7 heteroatoms. The molecule has 1 fully saturated rings. The number of halogens is 6. The van der Waals surface area contributed by atoms with E-state index in [0.717, 1.165) is 12.8 Å². The van der Waals surface area contributed by atoms with Gasteiger partial charge in [-0.15, -0.1) is 0 Å². The molecular formula is C10H15F6N. The molecule has 1 atom stereocenters. The summed E-state index contributed by atoms with van der Waals surface area (Å²) in [7, 11) is 0. The largest absolute Gasteiger partial charge is 0.401 e. The lowest BCUT2D eigenvalue weighted by Gasteiger charge is -2.29. The average molecular weight is 263 g/mol. The van der Waals surface area contributed by atoms with Crippen molar-refractivity contribution in [2.45, 2.75) is 50.5 Å². The first-order valence-corrected chi connectivity index (χ1v) is 5.51. The van der Waals surface area contributed by atoms with E-state index in [9.17, 15) is 26.3 Å². The van der Waals surface area contributed by atoms with Crippen LogP contribution < -0.4 is 5.73 Å². The first kappa shape index (κ1) is 14.6. The Hall–Kier alpha value is -0.460. The van der Waals surface area contributed by atoms with Crippen molar-refractivity contribution in [2.24, 2.45) is 17.6 Å². The Labute approximate surface area is 95.4 Å². The quantitative estimate of drug-likeness (QED) is 0.773. The van der Waals surface area contributed by atoms with Crippen LogP contribution in [0.3, 0.4) is 0 Å². The van der Waals surface area contributed by atoms with Gasteiger partial charge in [0.2, 0.25) is 0 Å². The lowest BCUT2D eigenvalue weighted by Crippen LogP contribution is -2.49. The molecule has 102 valence electrons. The van der Waals surface area contributed by atoms with Gasteiger partial charge in [-0.05, 0) is 12.3 Å². The predicted molar refractivity (Wildman–Crippen MR) is 50.2 cm³/mol. The zero-order valence-corrected chi connectivity index (χ0v) is 9.11. The number of alkyl halides is 6. The van der Waals surface area contributed by atoms with Gasteiger partial charge in [0, 0.05) is 6.04 Å². The van der Waals surface area contributed by atoms with E-state index in [0.29, 0.717) is 12.8 Å². The van der Waals surface area contributed by atoms with Gasteiger partial charge in [-0.1, -0.05) is 25.7 Å². The van der Waals surface area contributed by atoms with Crippen LogP contribution >= 0.6 is 0 Å². The lowest BCUT2D eigenvalue weighted by molar-refractivity contribution is -0.290. The fourth-order valence-electron chi connectivity index (χ4n) is 2.44. The van der Waals surface area contributed by atoms with Crippen LogP contribution in [-0.2, 0) is 0 Å². The molecular weight excluding hydrogens is 248 g/mol. The maximum Gasteiger partial charge on any atom is 0.401 e. The highest BCUT2D eigenvalue weighted by Gasteiger charge is 2.59. The van der Waals surface area contributed by atoms with Crippen LogP contribution in [0.25, 0.3) is 0 Å². The highest BCUT2D eigenvalue weighted by atomic mass is 19.4. The van der Waals surface area contributed by atoms with Crippen LogP contribution in [0.5, 0.6) is 0 Å². The summed E-state index contributed by atoms with van der Waals surface area (Å²) in [5.41, 5.74) is 5.13. The zero-order chi connectivity index (χ0) is 13.3. The van der Waals surface area contributed by atoms with E-state index >= 15 is 0 Å². The predicted octanol–water partition coefficient (Wildman–Crippen LogP) is 3.63. The Morgan fingerprint density at radius 1 is 0.941 bits per heavy atom. The van der Waals surface area contributed by atoms with Gasteiger partial charge < -0.3 is 5.73 Å². The van der Waals surface area contributed by atoms with Crippen LogP contribution in [0.2, 0.25) is 0 Å². The van der Waals surface area contributed by atoms with Crippen molar-refractivity contribution >= 4 is 0 Å². The van der Waals surface area contributed by atoms with Crippen LogP contribution in [0.1, 0.15) is 32.1 Å². The Bertz CT molecular complexity index is 226. The number of hydrogen-bond acceptors (Lipinski definition) is 1. The van der Waals surface area contributed by atoms with E-state index in [1.807, 2.05) is 0 Å². The molecule has 0 saturated heterocycles. The van der Waals surface area contributed by atoms with E-state index in [1.54, 1.807) is 0 Å². The van der Waals surface area contributed by atoms with Crippen LogP contribution in [0.4, 0.5) is 26.3 Å². The number of hydrogen-bond donors (Lipinski definition) is 1. The van der Waals surface area contributed by atoms with Crippen molar-refractivity contribution in [3.8, 4) is 0 Å².